The van der Waals surface area contributed by atoms with E-state index in [2.05, 4.69) is 35.2 Å². The number of likely N-dealkylation sites (tertiary alicyclic amines) is 1. The first-order valence-electron chi connectivity index (χ1n) is 5.58. The van der Waals surface area contributed by atoms with E-state index < -0.39 is 0 Å². The molecule has 0 spiro atoms. The lowest BCUT2D eigenvalue weighted by atomic mass is 10.1. The van der Waals surface area contributed by atoms with Gasteiger partial charge in [-0.05, 0) is 24.3 Å². The molecule has 2 aliphatic rings. The molecule has 1 aromatic rings. The number of rotatable bonds is 2. The lowest BCUT2D eigenvalue weighted by Gasteiger charge is -2.22. The number of fused-ring (bicyclic) bond motifs is 1. The van der Waals surface area contributed by atoms with E-state index in [0.29, 0.717) is 6.04 Å². The minimum Gasteiger partial charge on any atom is -0.280 e. The number of nitrogens with zero attached hydrogens (tertiary/aromatic N) is 2. The van der Waals surface area contributed by atoms with Gasteiger partial charge < -0.3 is 0 Å². The number of benzene rings is 1. The highest BCUT2D eigenvalue weighted by Gasteiger charge is 2.51. The predicted octanol–water partition coefficient (Wildman–Crippen LogP) is 2.17. The minimum absolute atomic E-state index is 0.161. The summed E-state index contributed by atoms with van der Waals surface area (Å²) in [7, 11) is 0. The van der Waals surface area contributed by atoms with Gasteiger partial charge in [-0.2, -0.15) is 5.26 Å². The first-order chi connectivity index (χ1) is 7.38. The summed E-state index contributed by atoms with van der Waals surface area (Å²) >= 11 is 0. The van der Waals surface area contributed by atoms with Gasteiger partial charge in [0.25, 0.3) is 0 Å². The molecule has 3 atom stereocenters. The third kappa shape index (κ3) is 1.53. The van der Waals surface area contributed by atoms with Crippen molar-refractivity contribution < 1.29 is 0 Å². The topological polar surface area (TPSA) is 27.0 Å². The standard InChI is InChI=1S/C13H14N2/c14-8-12-6-11-7-13(11)15(12)9-10-4-2-1-3-5-10/h1-5,11-13H,6-7,9H2/t11-,12+,13?/m1/s1. The van der Waals surface area contributed by atoms with Gasteiger partial charge in [-0.1, -0.05) is 30.3 Å². The molecule has 0 N–H and O–H groups in total. The van der Waals surface area contributed by atoms with Crippen molar-refractivity contribution in [2.45, 2.75) is 31.5 Å². The molecule has 0 bridgehead atoms. The molecule has 1 aromatic carbocycles. The molecule has 3 rings (SSSR count). The van der Waals surface area contributed by atoms with Gasteiger partial charge in [0.1, 0.15) is 0 Å². The first-order valence-corrected chi connectivity index (χ1v) is 5.58. The van der Waals surface area contributed by atoms with E-state index in [1.165, 1.54) is 12.0 Å². The van der Waals surface area contributed by atoms with Crippen molar-refractivity contribution in [3.63, 3.8) is 0 Å². The maximum Gasteiger partial charge on any atom is 0.0986 e. The number of nitriles is 1. The van der Waals surface area contributed by atoms with Crippen LogP contribution in [-0.4, -0.2) is 17.0 Å². The predicted molar refractivity (Wildman–Crippen MR) is 57.9 cm³/mol. The highest BCUT2D eigenvalue weighted by Crippen LogP contribution is 2.48. The largest absolute Gasteiger partial charge is 0.280 e. The Morgan fingerprint density at radius 1 is 1.27 bits per heavy atom. The third-order valence-corrected chi connectivity index (χ3v) is 3.59. The fourth-order valence-corrected chi connectivity index (χ4v) is 2.69. The molecule has 2 nitrogen and oxygen atoms in total. The van der Waals surface area contributed by atoms with E-state index in [-0.39, 0.29) is 6.04 Å². The van der Waals surface area contributed by atoms with Crippen LogP contribution in [0.1, 0.15) is 18.4 Å². The van der Waals surface area contributed by atoms with Crippen molar-refractivity contribution in [1.82, 2.24) is 4.90 Å². The molecular formula is C13H14N2. The zero-order valence-corrected chi connectivity index (χ0v) is 8.63. The molecule has 15 heavy (non-hydrogen) atoms. The van der Waals surface area contributed by atoms with Crippen LogP contribution in [0.15, 0.2) is 30.3 Å². The maximum atomic E-state index is 9.06. The smallest absolute Gasteiger partial charge is 0.0986 e. The van der Waals surface area contributed by atoms with Crippen LogP contribution in [0.25, 0.3) is 0 Å². The van der Waals surface area contributed by atoms with Crippen LogP contribution in [0.2, 0.25) is 0 Å². The van der Waals surface area contributed by atoms with Crippen LogP contribution in [0.5, 0.6) is 0 Å². The Balaban J connectivity index is 1.75. The molecule has 1 aliphatic carbocycles. The molecule has 2 heteroatoms. The van der Waals surface area contributed by atoms with Gasteiger partial charge >= 0.3 is 0 Å². The zero-order valence-electron chi connectivity index (χ0n) is 8.63. The first kappa shape index (κ1) is 8.94. The molecule has 1 unspecified atom stereocenters. The SMILES string of the molecule is N#C[C@@H]1C[C@@H]2CC2N1Cc1ccccc1. The number of hydrogen-bond acceptors (Lipinski definition) is 2. The quantitative estimate of drug-likeness (QED) is 0.728. The average molecular weight is 198 g/mol. The summed E-state index contributed by atoms with van der Waals surface area (Å²) < 4.78 is 0. The van der Waals surface area contributed by atoms with Crippen molar-refractivity contribution in [2.75, 3.05) is 0 Å². The molecule has 1 saturated heterocycles. The molecule has 2 fully saturated rings. The highest BCUT2D eigenvalue weighted by molar-refractivity contribution is 5.19. The maximum absolute atomic E-state index is 9.06. The molecule has 0 amide bonds. The molecule has 1 aliphatic heterocycles. The van der Waals surface area contributed by atoms with Gasteiger partial charge in [0.15, 0.2) is 0 Å². The lowest BCUT2D eigenvalue weighted by molar-refractivity contribution is 0.247. The van der Waals surface area contributed by atoms with Crippen molar-refractivity contribution in [3.05, 3.63) is 35.9 Å². The molecule has 1 saturated carbocycles. The van der Waals surface area contributed by atoms with E-state index in [4.69, 9.17) is 5.26 Å². The van der Waals surface area contributed by atoms with Gasteiger partial charge in [0.05, 0.1) is 12.1 Å². The van der Waals surface area contributed by atoms with Crippen molar-refractivity contribution in [2.24, 2.45) is 5.92 Å². The summed E-state index contributed by atoms with van der Waals surface area (Å²) in [5, 5.41) is 9.06. The van der Waals surface area contributed by atoms with Crippen LogP contribution in [0, 0.1) is 17.2 Å². The van der Waals surface area contributed by atoms with Gasteiger partial charge in [-0.3, -0.25) is 4.90 Å². The van der Waals surface area contributed by atoms with E-state index in [1.54, 1.807) is 0 Å². The minimum atomic E-state index is 0.161. The summed E-state index contributed by atoms with van der Waals surface area (Å²) in [4.78, 5) is 2.38. The second-order valence-electron chi connectivity index (χ2n) is 4.60. The molecule has 76 valence electrons. The average Bonchev–Trinajstić information content (AvgIpc) is 2.97. The molecule has 1 heterocycles. The third-order valence-electron chi connectivity index (χ3n) is 3.59. The second-order valence-corrected chi connectivity index (χ2v) is 4.60. The van der Waals surface area contributed by atoms with Crippen LogP contribution >= 0.6 is 0 Å². The molecular weight excluding hydrogens is 184 g/mol. The summed E-state index contributed by atoms with van der Waals surface area (Å²) in [6.45, 7) is 0.945. The van der Waals surface area contributed by atoms with E-state index >= 15 is 0 Å². The van der Waals surface area contributed by atoms with Gasteiger partial charge in [0, 0.05) is 12.6 Å². The second kappa shape index (κ2) is 3.36. The van der Waals surface area contributed by atoms with Gasteiger partial charge in [0.2, 0.25) is 0 Å². The fraction of sp³-hybridized carbons (Fsp3) is 0.462. The number of hydrogen-bond donors (Lipinski definition) is 0. The Hall–Kier alpha value is -1.33. The van der Waals surface area contributed by atoms with Crippen LogP contribution in [0.4, 0.5) is 0 Å². The van der Waals surface area contributed by atoms with E-state index in [9.17, 15) is 0 Å². The number of piperidine rings is 1. The van der Waals surface area contributed by atoms with Crippen LogP contribution < -0.4 is 0 Å². The highest BCUT2D eigenvalue weighted by atomic mass is 15.2. The molecule has 0 radical (unpaired) electrons. The monoisotopic (exact) mass is 198 g/mol. The van der Waals surface area contributed by atoms with Gasteiger partial charge in [-0.15, -0.1) is 0 Å². The summed E-state index contributed by atoms with van der Waals surface area (Å²) in [5.41, 5.74) is 1.32. The Morgan fingerprint density at radius 2 is 2.07 bits per heavy atom. The van der Waals surface area contributed by atoms with Crippen molar-refractivity contribution in [1.29, 1.82) is 5.26 Å². The Labute approximate surface area is 90.1 Å². The normalized spacial score (nSPS) is 33.4. The lowest BCUT2D eigenvalue weighted by Crippen LogP contribution is -2.31. The summed E-state index contributed by atoms with van der Waals surface area (Å²) in [5.74, 6) is 0.818. The molecule has 0 aromatic heterocycles. The Kier molecular flexibility index (Phi) is 2.00. The Bertz CT molecular complexity index is 393. The van der Waals surface area contributed by atoms with E-state index in [0.717, 1.165) is 18.9 Å². The van der Waals surface area contributed by atoms with Crippen molar-refractivity contribution >= 4 is 0 Å². The van der Waals surface area contributed by atoms with Gasteiger partial charge in [-0.25, -0.2) is 0 Å². The fourth-order valence-electron chi connectivity index (χ4n) is 2.69. The van der Waals surface area contributed by atoms with Crippen LogP contribution in [0.3, 0.4) is 0 Å². The Morgan fingerprint density at radius 3 is 2.80 bits per heavy atom. The van der Waals surface area contributed by atoms with Crippen LogP contribution in [-0.2, 0) is 6.54 Å². The summed E-state index contributed by atoms with van der Waals surface area (Å²) in [6, 6.07) is 13.7. The summed E-state index contributed by atoms with van der Waals surface area (Å²) in [6.07, 6.45) is 2.40. The van der Waals surface area contributed by atoms with Crippen molar-refractivity contribution in [3.8, 4) is 6.07 Å². The zero-order chi connectivity index (χ0) is 10.3. The van der Waals surface area contributed by atoms with E-state index in [1.807, 2.05) is 6.07 Å².